The molecule has 1 aromatic heterocycles. The van der Waals surface area contributed by atoms with Crippen molar-refractivity contribution in [3.8, 4) is 0 Å². The highest BCUT2D eigenvalue weighted by molar-refractivity contribution is 5.09. The van der Waals surface area contributed by atoms with Gasteiger partial charge in [-0.1, -0.05) is 0 Å². The predicted octanol–water partition coefficient (Wildman–Crippen LogP) is 1.31. The van der Waals surface area contributed by atoms with Crippen molar-refractivity contribution in [1.29, 1.82) is 0 Å². The third-order valence-electron chi connectivity index (χ3n) is 3.14. The summed E-state index contributed by atoms with van der Waals surface area (Å²) in [5, 5.41) is 3.52. The first-order chi connectivity index (χ1) is 7.84. The van der Waals surface area contributed by atoms with Crippen LogP contribution in [-0.2, 0) is 6.42 Å². The predicted molar refractivity (Wildman–Crippen MR) is 66.5 cm³/mol. The van der Waals surface area contributed by atoms with Gasteiger partial charge in [0.2, 0.25) is 0 Å². The lowest BCUT2D eigenvalue weighted by Crippen LogP contribution is -2.36. The maximum Gasteiger partial charge on any atom is 0.0270 e. The molecule has 0 amide bonds. The summed E-state index contributed by atoms with van der Waals surface area (Å²) in [5.41, 5.74) is 1.39. The summed E-state index contributed by atoms with van der Waals surface area (Å²) in [6, 6.07) is 4.85. The monoisotopic (exact) mass is 219 g/mol. The zero-order chi connectivity index (χ0) is 11.2. The molecule has 0 aromatic carbocycles. The molecule has 88 valence electrons. The Morgan fingerprint density at radius 1 is 1.44 bits per heavy atom. The van der Waals surface area contributed by atoms with Gasteiger partial charge in [-0.3, -0.25) is 4.98 Å². The van der Waals surface area contributed by atoms with Gasteiger partial charge in [0.15, 0.2) is 0 Å². The molecule has 1 unspecified atom stereocenters. The Labute approximate surface area is 97.9 Å². The fourth-order valence-electron chi connectivity index (χ4n) is 2.23. The van der Waals surface area contributed by atoms with Crippen molar-refractivity contribution in [3.05, 3.63) is 30.1 Å². The lowest BCUT2D eigenvalue weighted by atomic mass is 10.2. The van der Waals surface area contributed by atoms with Crippen LogP contribution in [0.25, 0.3) is 0 Å². The average molecular weight is 219 g/mol. The van der Waals surface area contributed by atoms with Gasteiger partial charge in [0.05, 0.1) is 0 Å². The van der Waals surface area contributed by atoms with E-state index in [4.69, 9.17) is 0 Å². The van der Waals surface area contributed by atoms with Gasteiger partial charge in [0.1, 0.15) is 0 Å². The van der Waals surface area contributed by atoms with Crippen LogP contribution in [0.5, 0.6) is 0 Å². The molecule has 1 atom stereocenters. The topological polar surface area (TPSA) is 28.2 Å². The van der Waals surface area contributed by atoms with Crippen LogP contribution in [0, 0.1) is 0 Å². The average Bonchev–Trinajstić information content (AvgIpc) is 2.52. The van der Waals surface area contributed by atoms with E-state index < -0.39 is 0 Å². The summed E-state index contributed by atoms with van der Waals surface area (Å²) in [6.45, 7) is 6.99. The van der Waals surface area contributed by atoms with E-state index in [1.54, 1.807) is 0 Å². The Hall–Kier alpha value is -0.930. The number of pyridine rings is 1. The molecule has 1 aliphatic heterocycles. The number of rotatable bonds is 3. The minimum absolute atomic E-state index is 0.625. The standard InChI is InChI=1S/C13H21N3/c1-12-11-16(9-2-6-15-12)10-5-13-3-7-14-8-4-13/h3-4,7-8,12,15H,2,5-6,9-11H2,1H3. The van der Waals surface area contributed by atoms with E-state index in [0.29, 0.717) is 6.04 Å². The van der Waals surface area contributed by atoms with E-state index in [2.05, 4.69) is 34.3 Å². The van der Waals surface area contributed by atoms with E-state index in [-0.39, 0.29) is 0 Å². The largest absolute Gasteiger partial charge is 0.313 e. The molecule has 2 heterocycles. The van der Waals surface area contributed by atoms with E-state index in [9.17, 15) is 0 Å². The molecule has 16 heavy (non-hydrogen) atoms. The van der Waals surface area contributed by atoms with Crippen LogP contribution in [0.4, 0.5) is 0 Å². The van der Waals surface area contributed by atoms with Gasteiger partial charge in [-0.15, -0.1) is 0 Å². The Bertz CT molecular complexity index is 299. The summed E-state index contributed by atoms with van der Waals surface area (Å²) in [5.74, 6) is 0. The second-order valence-corrected chi connectivity index (χ2v) is 4.61. The first-order valence-corrected chi connectivity index (χ1v) is 6.19. The number of hydrogen-bond donors (Lipinski definition) is 1. The summed E-state index contributed by atoms with van der Waals surface area (Å²) in [6.07, 6.45) is 6.15. The molecule has 1 N–H and O–H groups in total. The van der Waals surface area contributed by atoms with Crippen LogP contribution < -0.4 is 5.32 Å². The van der Waals surface area contributed by atoms with Gasteiger partial charge in [-0.25, -0.2) is 0 Å². The van der Waals surface area contributed by atoms with E-state index in [1.807, 2.05) is 12.4 Å². The molecule has 1 aliphatic rings. The lowest BCUT2D eigenvalue weighted by molar-refractivity contribution is 0.276. The van der Waals surface area contributed by atoms with Crippen molar-refractivity contribution in [1.82, 2.24) is 15.2 Å². The van der Waals surface area contributed by atoms with Crippen LogP contribution in [0.15, 0.2) is 24.5 Å². The molecule has 0 spiro atoms. The quantitative estimate of drug-likeness (QED) is 0.831. The summed E-state index contributed by atoms with van der Waals surface area (Å²) in [7, 11) is 0. The van der Waals surface area contributed by atoms with Gasteiger partial charge < -0.3 is 10.2 Å². The first kappa shape index (κ1) is 11.6. The third-order valence-corrected chi connectivity index (χ3v) is 3.14. The summed E-state index contributed by atoms with van der Waals surface area (Å²) in [4.78, 5) is 6.60. The Kier molecular flexibility index (Phi) is 4.31. The molecule has 3 heteroatoms. The maximum absolute atomic E-state index is 4.04. The van der Waals surface area contributed by atoms with Gasteiger partial charge in [-0.2, -0.15) is 0 Å². The number of nitrogens with one attached hydrogen (secondary N) is 1. The SMILES string of the molecule is CC1CN(CCc2ccncc2)CCCN1. The summed E-state index contributed by atoms with van der Waals surface area (Å²) < 4.78 is 0. The Balaban J connectivity index is 1.80. The molecule has 0 radical (unpaired) electrons. The minimum atomic E-state index is 0.625. The highest BCUT2D eigenvalue weighted by Crippen LogP contribution is 2.04. The zero-order valence-corrected chi connectivity index (χ0v) is 10.0. The smallest absolute Gasteiger partial charge is 0.0270 e. The van der Waals surface area contributed by atoms with Gasteiger partial charge >= 0.3 is 0 Å². The first-order valence-electron chi connectivity index (χ1n) is 6.19. The Morgan fingerprint density at radius 2 is 2.25 bits per heavy atom. The molecule has 3 nitrogen and oxygen atoms in total. The van der Waals surface area contributed by atoms with Gasteiger partial charge in [-0.05, 0) is 50.6 Å². The van der Waals surface area contributed by atoms with Crippen molar-refractivity contribution in [3.63, 3.8) is 0 Å². The molecular formula is C13H21N3. The molecule has 2 rings (SSSR count). The second kappa shape index (κ2) is 5.97. The third kappa shape index (κ3) is 3.58. The van der Waals surface area contributed by atoms with Crippen LogP contribution in [0.1, 0.15) is 18.9 Å². The van der Waals surface area contributed by atoms with Crippen molar-refractivity contribution in [2.24, 2.45) is 0 Å². The molecular weight excluding hydrogens is 198 g/mol. The summed E-state index contributed by atoms with van der Waals surface area (Å²) >= 11 is 0. The van der Waals surface area contributed by atoms with Crippen LogP contribution in [0.2, 0.25) is 0 Å². The fraction of sp³-hybridized carbons (Fsp3) is 0.615. The van der Waals surface area contributed by atoms with E-state index in [1.165, 1.54) is 25.1 Å². The Morgan fingerprint density at radius 3 is 3.06 bits per heavy atom. The van der Waals surface area contributed by atoms with Crippen molar-refractivity contribution in [2.75, 3.05) is 26.2 Å². The van der Waals surface area contributed by atoms with Gasteiger partial charge in [0, 0.05) is 31.5 Å². The van der Waals surface area contributed by atoms with Crippen molar-refractivity contribution in [2.45, 2.75) is 25.8 Å². The van der Waals surface area contributed by atoms with Crippen molar-refractivity contribution >= 4 is 0 Å². The van der Waals surface area contributed by atoms with Crippen LogP contribution in [0.3, 0.4) is 0 Å². The highest BCUT2D eigenvalue weighted by atomic mass is 15.2. The minimum Gasteiger partial charge on any atom is -0.313 e. The number of nitrogens with zero attached hydrogens (tertiary/aromatic N) is 2. The number of hydrogen-bond acceptors (Lipinski definition) is 3. The normalized spacial score (nSPS) is 22.9. The van der Waals surface area contributed by atoms with Crippen LogP contribution >= 0.6 is 0 Å². The van der Waals surface area contributed by atoms with E-state index >= 15 is 0 Å². The zero-order valence-electron chi connectivity index (χ0n) is 10.0. The molecule has 1 aromatic rings. The van der Waals surface area contributed by atoms with E-state index in [0.717, 1.165) is 19.5 Å². The fourth-order valence-corrected chi connectivity index (χ4v) is 2.23. The second-order valence-electron chi connectivity index (χ2n) is 4.61. The number of aromatic nitrogens is 1. The highest BCUT2D eigenvalue weighted by Gasteiger charge is 2.13. The van der Waals surface area contributed by atoms with Crippen LogP contribution in [-0.4, -0.2) is 42.1 Å². The maximum atomic E-state index is 4.04. The van der Waals surface area contributed by atoms with Crippen molar-refractivity contribution < 1.29 is 0 Å². The molecule has 0 bridgehead atoms. The lowest BCUT2D eigenvalue weighted by Gasteiger charge is -2.22. The van der Waals surface area contributed by atoms with Gasteiger partial charge in [0.25, 0.3) is 0 Å². The molecule has 1 saturated heterocycles. The molecule has 1 fully saturated rings. The molecule has 0 saturated carbocycles. The molecule has 0 aliphatic carbocycles.